The van der Waals surface area contributed by atoms with Crippen molar-refractivity contribution in [2.75, 3.05) is 14.2 Å². The molecule has 0 unspecified atom stereocenters. The van der Waals surface area contributed by atoms with Crippen LogP contribution in [0.25, 0.3) is 31.8 Å². The summed E-state index contributed by atoms with van der Waals surface area (Å²) in [4.78, 5) is 13.7. The van der Waals surface area contributed by atoms with E-state index in [1.54, 1.807) is 20.4 Å². The fourth-order valence-electron chi connectivity index (χ4n) is 3.55. The number of ether oxygens (including phenoxy) is 2. The minimum atomic E-state index is -0.379. The van der Waals surface area contributed by atoms with E-state index in [0.717, 1.165) is 37.4 Å². The number of benzene rings is 2. The third-order valence-corrected chi connectivity index (χ3v) is 6.03. The summed E-state index contributed by atoms with van der Waals surface area (Å²) >= 11 is 1.53. The maximum atomic E-state index is 14.5. The Morgan fingerprint density at radius 1 is 1.25 bits per heavy atom. The number of nitrogens with one attached hydrogen (secondary N) is 1. The molecule has 3 heterocycles. The van der Waals surface area contributed by atoms with E-state index in [2.05, 4.69) is 15.3 Å². The Bertz CT molecular complexity index is 1240. The van der Waals surface area contributed by atoms with Crippen molar-refractivity contribution in [3.8, 4) is 22.2 Å². The fourth-order valence-corrected chi connectivity index (χ4v) is 4.66. The minimum Gasteiger partial charge on any atom is -0.480 e. The van der Waals surface area contributed by atoms with Crippen LogP contribution in [0, 0.1) is 12.7 Å². The van der Waals surface area contributed by atoms with Crippen molar-refractivity contribution < 1.29 is 13.9 Å². The molecule has 5 rings (SSSR count). The lowest BCUT2D eigenvalue weighted by atomic mass is 10.1. The smallest absolute Gasteiger partial charge is 0.232 e. The van der Waals surface area contributed by atoms with Crippen LogP contribution < -0.4 is 14.8 Å². The zero-order valence-electron chi connectivity index (χ0n) is 15.5. The highest BCUT2D eigenvalue weighted by molar-refractivity contribution is 7.22. The van der Waals surface area contributed by atoms with E-state index in [4.69, 9.17) is 14.5 Å². The number of hydrogen-bond donors (Lipinski definition) is 1. The van der Waals surface area contributed by atoms with Gasteiger partial charge in [-0.25, -0.2) is 19.3 Å². The van der Waals surface area contributed by atoms with Crippen LogP contribution in [0.4, 0.5) is 4.39 Å². The average Bonchev–Trinajstić information content (AvgIpc) is 3.31. The van der Waals surface area contributed by atoms with Crippen molar-refractivity contribution in [2.45, 2.75) is 19.6 Å². The molecule has 0 saturated carbocycles. The summed E-state index contributed by atoms with van der Waals surface area (Å²) in [5.41, 5.74) is 4.90. The van der Waals surface area contributed by atoms with E-state index in [0.29, 0.717) is 23.6 Å². The molecule has 28 heavy (non-hydrogen) atoms. The van der Waals surface area contributed by atoms with E-state index in [9.17, 15) is 4.39 Å². The maximum Gasteiger partial charge on any atom is 0.232 e. The number of aryl methyl sites for hydroxylation is 1. The van der Waals surface area contributed by atoms with Gasteiger partial charge in [0.1, 0.15) is 5.01 Å². The number of aromatic nitrogens is 3. The van der Waals surface area contributed by atoms with Crippen molar-refractivity contribution in [2.24, 2.45) is 0 Å². The highest BCUT2D eigenvalue weighted by Crippen LogP contribution is 2.42. The summed E-state index contributed by atoms with van der Waals surface area (Å²) in [5, 5.41) is 3.83. The van der Waals surface area contributed by atoms with Crippen molar-refractivity contribution in [1.29, 1.82) is 0 Å². The summed E-state index contributed by atoms with van der Waals surface area (Å²) in [6, 6.07) is 5.44. The lowest BCUT2D eigenvalue weighted by Crippen LogP contribution is -2.29. The van der Waals surface area contributed by atoms with Crippen LogP contribution in [-0.2, 0) is 6.42 Å². The number of rotatable bonds is 3. The quantitative estimate of drug-likeness (QED) is 0.567. The number of thiazole rings is 1. The molecule has 0 aliphatic carbocycles. The highest BCUT2D eigenvalue weighted by atomic mass is 32.1. The molecule has 1 aliphatic rings. The van der Waals surface area contributed by atoms with Gasteiger partial charge in [-0.1, -0.05) is 0 Å². The number of methoxy groups -OCH3 is 1. The predicted octanol–water partition coefficient (Wildman–Crippen LogP) is 3.84. The van der Waals surface area contributed by atoms with Crippen molar-refractivity contribution >= 4 is 32.6 Å². The second-order valence-electron chi connectivity index (χ2n) is 6.73. The third-order valence-electron chi connectivity index (χ3n) is 4.86. The third kappa shape index (κ3) is 2.60. The van der Waals surface area contributed by atoms with Gasteiger partial charge in [-0.2, -0.15) is 0 Å². The van der Waals surface area contributed by atoms with Gasteiger partial charge in [0.2, 0.25) is 5.88 Å². The molecule has 6 nitrogen and oxygen atoms in total. The first-order valence-corrected chi connectivity index (χ1v) is 9.66. The van der Waals surface area contributed by atoms with Crippen LogP contribution in [0.2, 0.25) is 0 Å². The van der Waals surface area contributed by atoms with E-state index in [1.807, 2.05) is 19.1 Å². The highest BCUT2D eigenvalue weighted by Gasteiger charge is 2.29. The zero-order chi connectivity index (χ0) is 19.4. The van der Waals surface area contributed by atoms with Gasteiger partial charge in [-0.15, -0.1) is 11.3 Å². The normalized spacial score (nSPS) is 15.8. The second-order valence-corrected chi connectivity index (χ2v) is 7.72. The van der Waals surface area contributed by atoms with Crippen molar-refractivity contribution in [3.05, 3.63) is 41.3 Å². The van der Waals surface area contributed by atoms with E-state index < -0.39 is 0 Å². The van der Waals surface area contributed by atoms with Gasteiger partial charge in [-0.3, -0.25) is 5.32 Å². The molecule has 0 radical (unpaired) electrons. The molecule has 0 saturated heterocycles. The standard InChI is InChI=1S/C20H17FN4O2S/c1-9-4-10(17-13(5-9)24-16(26-3)8-23-17)20-25-14-7-12(21)18-11(19(14)28-20)6-15(22-2)27-18/h4-5,7-8,15,22H,6H2,1-3H3/t15-/m1/s1. The Hall–Kier alpha value is -2.84. The van der Waals surface area contributed by atoms with Crippen LogP contribution in [-0.4, -0.2) is 35.3 Å². The second kappa shape index (κ2) is 6.35. The van der Waals surface area contributed by atoms with Gasteiger partial charge in [-0.05, 0) is 31.7 Å². The van der Waals surface area contributed by atoms with E-state index in [1.165, 1.54) is 17.4 Å². The van der Waals surface area contributed by atoms with Gasteiger partial charge in [0, 0.05) is 23.6 Å². The monoisotopic (exact) mass is 396 g/mol. The molecule has 4 aromatic rings. The van der Waals surface area contributed by atoms with Crippen LogP contribution in [0.15, 0.2) is 24.4 Å². The predicted molar refractivity (Wildman–Crippen MR) is 107 cm³/mol. The molecule has 8 heteroatoms. The van der Waals surface area contributed by atoms with Crippen LogP contribution >= 0.6 is 11.3 Å². The van der Waals surface area contributed by atoms with Gasteiger partial charge in [0.25, 0.3) is 0 Å². The lowest BCUT2D eigenvalue weighted by molar-refractivity contribution is 0.196. The van der Waals surface area contributed by atoms with Gasteiger partial charge >= 0.3 is 0 Å². The minimum absolute atomic E-state index is 0.223. The van der Waals surface area contributed by atoms with Gasteiger partial charge < -0.3 is 9.47 Å². The first-order chi connectivity index (χ1) is 13.6. The molecule has 0 amide bonds. The molecular formula is C20H17FN4O2S. The number of nitrogens with zero attached hydrogens (tertiary/aromatic N) is 3. The molecule has 0 spiro atoms. The molecule has 1 N–H and O–H groups in total. The largest absolute Gasteiger partial charge is 0.480 e. The molecule has 1 aliphatic heterocycles. The Morgan fingerprint density at radius 2 is 2.11 bits per heavy atom. The zero-order valence-corrected chi connectivity index (χ0v) is 16.4. The first kappa shape index (κ1) is 17.3. The number of hydrogen-bond acceptors (Lipinski definition) is 7. The fraction of sp³-hybridized carbons (Fsp3) is 0.250. The van der Waals surface area contributed by atoms with Crippen LogP contribution in [0.5, 0.6) is 11.6 Å². The van der Waals surface area contributed by atoms with Gasteiger partial charge in [0.15, 0.2) is 17.8 Å². The Labute approximate surface area is 164 Å². The summed E-state index contributed by atoms with van der Waals surface area (Å²) < 4.78 is 26.3. The molecule has 142 valence electrons. The summed E-state index contributed by atoms with van der Waals surface area (Å²) in [6.45, 7) is 2.00. The Kier molecular flexibility index (Phi) is 3.92. The molecular weight excluding hydrogens is 379 g/mol. The van der Waals surface area contributed by atoms with Crippen molar-refractivity contribution in [3.63, 3.8) is 0 Å². The molecule has 0 bridgehead atoms. The van der Waals surface area contributed by atoms with Crippen LogP contribution in [0.1, 0.15) is 11.1 Å². The topological polar surface area (TPSA) is 69.2 Å². The lowest BCUT2D eigenvalue weighted by Gasteiger charge is -2.07. The van der Waals surface area contributed by atoms with E-state index in [-0.39, 0.29) is 12.0 Å². The summed E-state index contributed by atoms with van der Waals surface area (Å²) in [6.07, 6.45) is 1.98. The summed E-state index contributed by atoms with van der Waals surface area (Å²) in [5.74, 6) is 0.403. The maximum absolute atomic E-state index is 14.5. The first-order valence-electron chi connectivity index (χ1n) is 8.85. The number of fused-ring (bicyclic) bond motifs is 4. The molecule has 0 fully saturated rings. The number of likely N-dealkylation sites (N-methyl/N-ethyl adjacent to an activating group) is 1. The van der Waals surface area contributed by atoms with E-state index >= 15 is 0 Å². The average molecular weight is 396 g/mol. The number of halogens is 1. The van der Waals surface area contributed by atoms with Gasteiger partial charge in [0.05, 0.1) is 34.6 Å². The van der Waals surface area contributed by atoms with Crippen molar-refractivity contribution in [1.82, 2.24) is 20.3 Å². The molecule has 2 aromatic carbocycles. The SMILES string of the molecule is CN[C@H]1Cc2c(c(F)cc3nc(-c4cc(C)cc5nc(OC)cnc45)sc23)O1. The molecule has 1 atom stereocenters. The Morgan fingerprint density at radius 3 is 2.89 bits per heavy atom. The Balaban J connectivity index is 1.73. The van der Waals surface area contributed by atoms with Crippen LogP contribution in [0.3, 0.4) is 0 Å². The molecule has 2 aromatic heterocycles. The summed E-state index contributed by atoms with van der Waals surface area (Å²) in [7, 11) is 3.37.